The molecule has 1 aromatic rings. The predicted octanol–water partition coefficient (Wildman–Crippen LogP) is 4.05. The Kier molecular flexibility index (Phi) is 6.45. The van der Waals surface area contributed by atoms with Gasteiger partial charge in [-0.25, -0.2) is 9.59 Å². The van der Waals surface area contributed by atoms with Crippen LogP contribution in [-0.4, -0.2) is 42.8 Å². The summed E-state index contributed by atoms with van der Waals surface area (Å²) in [5.74, 6) is 0.299. The van der Waals surface area contributed by atoms with Crippen LogP contribution in [0.4, 0.5) is 4.79 Å². The summed E-state index contributed by atoms with van der Waals surface area (Å²) >= 11 is 0. The first-order chi connectivity index (χ1) is 11.8. The Morgan fingerprint density at radius 1 is 1.20 bits per heavy atom. The summed E-state index contributed by atoms with van der Waals surface area (Å²) in [4.78, 5) is 25.5. The molecule has 1 aliphatic rings. The van der Waals surface area contributed by atoms with E-state index in [0.29, 0.717) is 11.5 Å². The van der Waals surface area contributed by atoms with Crippen molar-refractivity contribution in [3.8, 4) is 0 Å². The molecule has 0 unspecified atom stereocenters. The summed E-state index contributed by atoms with van der Waals surface area (Å²) in [7, 11) is 1.40. The first-order valence-corrected chi connectivity index (χ1v) is 8.93. The minimum absolute atomic E-state index is 0.211. The monoisotopic (exact) mass is 347 g/mol. The molecule has 0 spiro atoms. The molecule has 1 aromatic carbocycles. The highest BCUT2D eigenvalue weighted by molar-refractivity contribution is 5.89. The van der Waals surface area contributed by atoms with E-state index in [1.165, 1.54) is 7.11 Å². The van der Waals surface area contributed by atoms with Crippen LogP contribution in [0.25, 0.3) is 0 Å². The number of benzene rings is 1. The Bertz CT molecular complexity index is 598. The quantitative estimate of drug-likeness (QED) is 0.771. The Hall–Kier alpha value is -2.04. The molecular formula is C20H29NO4. The third kappa shape index (κ3) is 6.07. The van der Waals surface area contributed by atoms with E-state index in [2.05, 4.69) is 0 Å². The van der Waals surface area contributed by atoms with Gasteiger partial charge >= 0.3 is 12.1 Å². The average Bonchev–Trinajstić information content (AvgIpc) is 2.58. The summed E-state index contributed by atoms with van der Waals surface area (Å²) < 4.78 is 10.2. The van der Waals surface area contributed by atoms with Gasteiger partial charge in [0.15, 0.2) is 0 Å². The van der Waals surface area contributed by atoms with E-state index in [4.69, 9.17) is 9.47 Å². The van der Waals surface area contributed by atoms with Crippen LogP contribution < -0.4 is 0 Å². The number of methoxy groups -OCH3 is 1. The van der Waals surface area contributed by atoms with Gasteiger partial charge in [-0.1, -0.05) is 12.1 Å². The molecule has 0 saturated carbocycles. The largest absolute Gasteiger partial charge is 0.465 e. The lowest BCUT2D eigenvalue weighted by atomic mass is 9.90. The smallest absolute Gasteiger partial charge is 0.410 e. The second-order valence-corrected chi connectivity index (χ2v) is 7.64. The number of piperidine rings is 1. The minimum Gasteiger partial charge on any atom is -0.465 e. The van der Waals surface area contributed by atoms with Gasteiger partial charge in [-0.05, 0) is 70.1 Å². The Morgan fingerprint density at radius 3 is 2.48 bits per heavy atom. The number of hydrogen-bond donors (Lipinski definition) is 0. The summed E-state index contributed by atoms with van der Waals surface area (Å²) in [6.45, 7) is 7.17. The molecule has 1 saturated heterocycles. The summed E-state index contributed by atoms with van der Waals surface area (Å²) in [6, 6.07) is 7.62. The van der Waals surface area contributed by atoms with Gasteiger partial charge in [0.05, 0.1) is 12.7 Å². The highest BCUT2D eigenvalue weighted by Crippen LogP contribution is 2.24. The van der Waals surface area contributed by atoms with Crippen molar-refractivity contribution in [3.05, 3.63) is 35.4 Å². The van der Waals surface area contributed by atoms with Crippen LogP contribution in [0.1, 0.15) is 56.0 Å². The zero-order valence-corrected chi connectivity index (χ0v) is 15.7. The molecule has 1 fully saturated rings. The maximum atomic E-state index is 12.1. The normalized spacial score (nSPS) is 15.8. The molecule has 0 atom stereocenters. The molecule has 0 aliphatic carbocycles. The SMILES string of the molecule is COC(=O)c1cccc(CCC2CCN(C(=O)OC(C)(C)C)CC2)c1. The Morgan fingerprint density at radius 2 is 1.88 bits per heavy atom. The molecule has 25 heavy (non-hydrogen) atoms. The molecule has 0 bridgehead atoms. The van der Waals surface area contributed by atoms with Gasteiger partial charge in [0, 0.05) is 13.1 Å². The van der Waals surface area contributed by atoms with Crippen molar-refractivity contribution in [2.45, 2.75) is 52.1 Å². The number of carbonyl (C=O) groups excluding carboxylic acids is 2. The van der Waals surface area contributed by atoms with E-state index >= 15 is 0 Å². The van der Waals surface area contributed by atoms with Crippen LogP contribution in [0.3, 0.4) is 0 Å². The van der Waals surface area contributed by atoms with Crippen LogP contribution in [-0.2, 0) is 15.9 Å². The van der Waals surface area contributed by atoms with Crippen molar-refractivity contribution in [3.63, 3.8) is 0 Å². The molecule has 0 N–H and O–H groups in total. The lowest BCUT2D eigenvalue weighted by Crippen LogP contribution is -2.41. The molecule has 0 radical (unpaired) electrons. The van der Waals surface area contributed by atoms with Crippen molar-refractivity contribution in [1.82, 2.24) is 4.90 Å². The molecule has 0 aromatic heterocycles. The Balaban J connectivity index is 1.79. The average molecular weight is 347 g/mol. The van der Waals surface area contributed by atoms with Crippen molar-refractivity contribution in [1.29, 1.82) is 0 Å². The van der Waals surface area contributed by atoms with Crippen molar-refractivity contribution < 1.29 is 19.1 Å². The van der Waals surface area contributed by atoms with Gasteiger partial charge in [-0.3, -0.25) is 0 Å². The van der Waals surface area contributed by atoms with Crippen LogP contribution in [0.2, 0.25) is 0 Å². The predicted molar refractivity (Wildman–Crippen MR) is 96.6 cm³/mol. The van der Waals surface area contributed by atoms with Crippen molar-refractivity contribution >= 4 is 12.1 Å². The maximum absolute atomic E-state index is 12.1. The third-order valence-electron chi connectivity index (χ3n) is 4.46. The van der Waals surface area contributed by atoms with E-state index in [0.717, 1.165) is 44.3 Å². The van der Waals surface area contributed by atoms with Gasteiger partial charge in [0.2, 0.25) is 0 Å². The van der Waals surface area contributed by atoms with Crippen molar-refractivity contribution in [2.75, 3.05) is 20.2 Å². The highest BCUT2D eigenvalue weighted by atomic mass is 16.6. The molecule has 2 rings (SSSR count). The first kappa shape index (κ1) is 19.3. The molecule has 138 valence electrons. The minimum atomic E-state index is -0.446. The fraction of sp³-hybridized carbons (Fsp3) is 0.600. The van der Waals surface area contributed by atoms with Gasteiger partial charge in [-0.15, -0.1) is 0 Å². The van der Waals surface area contributed by atoms with Crippen molar-refractivity contribution in [2.24, 2.45) is 5.92 Å². The van der Waals surface area contributed by atoms with Crippen LogP contribution in [0, 0.1) is 5.92 Å². The topological polar surface area (TPSA) is 55.8 Å². The van der Waals surface area contributed by atoms with Gasteiger partial charge < -0.3 is 14.4 Å². The van der Waals surface area contributed by atoms with Crippen LogP contribution >= 0.6 is 0 Å². The molecule has 1 amide bonds. The molecule has 1 heterocycles. The van der Waals surface area contributed by atoms with Gasteiger partial charge in [0.25, 0.3) is 0 Å². The van der Waals surface area contributed by atoms with E-state index in [-0.39, 0.29) is 12.1 Å². The van der Waals surface area contributed by atoms with Gasteiger partial charge in [0.1, 0.15) is 5.60 Å². The number of ether oxygens (including phenoxy) is 2. The Labute approximate surface area is 150 Å². The molecule has 5 nitrogen and oxygen atoms in total. The standard InChI is InChI=1S/C20H29NO4/c1-20(2,3)25-19(23)21-12-10-15(11-13-21)8-9-16-6-5-7-17(14-16)18(22)24-4/h5-7,14-15H,8-13H2,1-4H3. The highest BCUT2D eigenvalue weighted by Gasteiger charge is 2.26. The van der Waals surface area contributed by atoms with Gasteiger partial charge in [-0.2, -0.15) is 0 Å². The lowest BCUT2D eigenvalue weighted by molar-refractivity contribution is 0.0181. The fourth-order valence-electron chi connectivity index (χ4n) is 3.07. The zero-order chi connectivity index (χ0) is 18.4. The number of amides is 1. The molecule has 1 aliphatic heterocycles. The summed E-state index contributed by atoms with van der Waals surface area (Å²) in [6.07, 6.45) is 3.78. The van der Waals surface area contributed by atoms with E-state index in [1.54, 1.807) is 11.0 Å². The molecular weight excluding hydrogens is 318 g/mol. The van der Waals surface area contributed by atoms with E-state index < -0.39 is 5.60 Å². The number of carbonyl (C=O) groups is 2. The molecule has 5 heteroatoms. The number of hydrogen-bond acceptors (Lipinski definition) is 4. The van der Waals surface area contributed by atoms with Crippen LogP contribution in [0.5, 0.6) is 0 Å². The number of nitrogens with zero attached hydrogens (tertiary/aromatic N) is 1. The number of rotatable bonds is 4. The summed E-state index contributed by atoms with van der Waals surface area (Å²) in [5, 5.41) is 0. The summed E-state index contributed by atoms with van der Waals surface area (Å²) in [5.41, 5.74) is 1.30. The zero-order valence-electron chi connectivity index (χ0n) is 15.7. The maximum Gasteiger partial charge on any atom is 0.410 e. The second-order valence-electron chi connectivity index (χ2n) is 7.64. The number of esters is 1. The fourth-order valence-corrected chi connectivity index (χ4v) is 3.07. The first-order valence-electron chi connectivity index (χ1n) is 8.93. The number of aryl methyl sites for hydroxylation is 1. The number of likely N-dealkylation sites (tertiary alicyclic amines) is 1. The van der Waals surface area contributed by atoms with E-state index in [1.807, 2.05) is 39.0 Å². The second kappa shape index (κ2) is 8.37. The van der Waals surface area contributed by atoms with Crippen LogP contribution in [0.15, 0.2) is 24.3 Å². The third-order valence-corrected chi connectivity index (χ3v) is 4.46. The lowest BCUT2D eigenvalue weighted by Gasteiger charge is -2.33. The van der Waals surface area contributed by atoms with E-state index in [9.17, 15) is 9.59 Å².